The standard InChI is InChI=1S/C22H26F3N3O4/c1-13-12-28(19(29)20(2,30)22(23,24)25)11-8-16(13)21(9-10-21)18-27-26-17(32-18)14-4-6-15(31-3)7-5-14/h4-7,13,16,30H,8-12H2,1-3H3/t13-,16+,20?/m1/s1. The Hall–Kier alpha value is -2.62. The highest BCUT2D eigenvalue weighted by Gasteiger charge is 2.60. The number of amides is 1. The number of halogens is 3. The normalized spacial score (nSPS) is 24.7. The average molecular weight is 453 g/mol. The Kier molecular flexibility index (Phi) is 5.47. The lowest BCUT2D eigenvalue weighted by Crippen LogP contribution is -2.58. The molecule has 0 spiro atoms. The van der Waals surface area contributed by atoms with Gasteiger partial charge in [0.25, 0.3) is 5.91 Å². The van der Waals surface area contributed by atoms with Crippen LogP contribution in [0.2, 0.25) is 0 Å². The molecule has 1 unspecified atom stereocenters. The first-order valence-electron chi connectivity index (χ1n) is 10.6. The lowest BCUT2D eigenvalue weighted by atomic mass is 9.74. The lowest BCUT2D eigenvalue weighted by Gasteiger charge is -2.42. The van der Waals surface area contributed by atoms with Gasteiger partial charge in [-0.3, -0.25) is 4.79 Å². The van der Waals surface area contributed by atoms with Gasteiger partial charge in [0, 0.05) is 18.7 Å². The van der Waals surface area contributed by atoms with Gasteiger partial charge in [-0.15, -0.1) is 10.2 Å². The SMILES string of the molecule is COc1ccc(-c2nnc(C3([C@H]4CCN(C(=O)C(C)(O)C(F)(F)F)C[C@H]4C)CC3)o2)cc1. The molecule has 0 radical (unpaired) electrons. The van der Waals surface area contributed by atoms with Gasteiger partial charge < -0.3 is 19.2 Å². The summed E-state index contributed by atoms with van der Waals surface area (Å²) in [6.45, 7) is 2.69. The number of rotatable bonds is 5. The van der Waals surface area contributed by atoms with Crippen molar-refractivity contribution in [2.24, 2.45) is 11.8 Å². The van der Waals surface area contributed by atoms with E-state index in [4.69, 9.17) is 9.15 Å². The molecule has 2 heterocycles. The van der Waals surface area contributed by atoms with Crippen molar-refractivity contribution in [1.82, 2.24) is 15.1 Å². The Balaban J connectivity index is 1.48. The third-order valence-electron chi connectivity index (χ3n) is 6.85. The Morgan fingerprint density at radius 2 is 1.91 bits per heavy atom. The molecule has 10 heteroatoms. The number of likely N-dealkylation sites (tertiary alicyclic amines) is 1. The van der Waals surface area contributed by atoms with Crippen molar-refractivity contribution < 1.29 is 32.2 Å². The molecule has 1 saturated carbocycles. The predicted octanol–water partition coefficient (Wildman–Crippen LogP) is 3.57. The fourth-order valence-electron chi connectivity index (χ4n) is 4.73. The minimum Gasteiger partial charge on any atom is -0.497 e. The second kappa shape index (κ2) is 7.75. The van der Waals surface area contributed by atoms with E-state index in [0.29, 0.717) is 30.9 Å². The van der Waals surface area contributed by atoms with Gasteiger partial charge in [0.2, 0.25) is 17.4 Å². The van der Waals surface area contributed by atoms with E-state index >= 15 is 0 Å². The molecule has 2 aliphatic rings. The zero-order valence-corrected chi connectivity index (χ0v) is 18.1. The zero-order chi connectivity index (χ0) is 23.3. The second-order valence-corrected chi connectivity index (χ2v) is 8.99. The highest BCUT2D eigenvalue weighted by Crippen LogP contribution is 2.58. The molecule has 174 valence electrons. The molecule has 1 aromatic heterocycles. The largest absolute Gasteiger partial charge is 0.497 e. The highest BCUT2D eigenvalue weighted by molar-refractivity contribution is 5.85. The number of aliphatic hydroxyl groups is 1. The molecule has 4 rings (SSSR count). The van der Waals surface area contributed by atoms with E-state index in [-0.39, 0.29) is 30.3 Å². The maximum Gasteiger partial charge on any atom is 0.426 e. The molecule has 32 heavy (non-hydrogen) atoms. The predicted molar refractivity (Wildman–Crippen MR) is 108 cm³/mol. The van der Waals surface area contributed by atoms with Gasteiger partial charge in [0.1, 0.15) is 5.75 Å². The Morgan fingerprint density at radius 3 is 2.44 bits per heavy atom. The molecule has 2 aromatic rings. The van der Waals surface area contributed by atoms with Crippen LogP contribution in [0, 0.1) is 11.8 Å². The van der Waals surface area contributed by atoms with Gasteiger partial charge in [-0.25, -0.2) is 0 Å². The van der Waals surface area contributed by atoms with Crippen LogP contribution in [0.4, 0.5) is 13.2 Å². The van der Waals surface area contributed by atoms with Crippen molar-refractivity contribution in [2.45, 2.75) is 50.3 Å². The van der Waals surface area contributed by atoms with Crippen molar-refractivity contribution in [3.63, 3.8) is 0 Å². The van der Waals surface area contributed by atoms with Crippen molar-refractivity contribution in [3.8, 4) is 17.2 Å². The Morgan fingerprint density at radius 1 is 1.25 bits per heavy atom. The molecule has 2 fully saturated rings. The van der Waals surface area contributed by atoms with E-state index in [1.807, 2.05) is 19.1 Å². The average Bonchev–Trinajstić information content (AvgIpc) is 3.40. The molecule has 7 nitrogen and oxygen atoms in total. The molecule has 1 aliphatic carbocycles. The lowest BCUT2D eigenvalue weighted by molar-refractivity contribution is -0.251. The molecule has 1 N–H and O–H groups in total. The van der Waals surface area contributed by atoms with E-state index in [1.54, 1.807) is 19.2 Å². The van der Waals surface area contributed by atoms with Crippen LogP contribution in [0.3, 0.4) is 0 Å². The fraction of sp³-hybridized carbons (Fsp3) is 0.591. The Bertz CT molecular complexity index is 983. The molecule has 0 bridgehead atoms. The van der Waals surface area contributed by atoms with Gasteiger partial charge in [0.05, 0.1) is 12.5 Å². The first-order valence-corrected chi connectivity index (χ1v) is 10.6. The summed E-state index contributed by atoms with van der Waals surface area (Å²) in [5.41, 5.74) is -2.95. The first-order chi connectivity index (χ1) is 15.0. The monoisotopic (exact) mass is 453 g/mol. The first kappa shape index (κ1) is 22.6. The van der Waals surface area contributed by atoms with Gasteiger partial charge in [-0.1, -0.05) is 6.92 Å². The minimum absolute atomic E-state index is 0.0874. The van der Waals surface area contributed by atoms with E-state index in [1.165, 1.54) is 0 Å². The summed E-state index contributed by atoms with van der Waals surface area (Å²) in [5, 5.41) is 18.2. The number of benzene rings is 1. The second-order valence-electron chi connectivity index (χ2n) is 8.99. The van der Waals surface area contributed by atoms with Crippen molar-refractivity contribution in [3.05, 3.63) is 30.2 Å². The summed E-state index contributed by atoms with van der Waals surface area (Å²) < 4.78 is 50.4. The van der Waals surface area contributed by atoms with Crippen LogP contribution in [-0.4, -0.2) is 58.1 Å². The molecule has 1 aromatic carbocycles. The van der Waals surface area contributed by atoms with Crippen LogP contribution >= 0.6 is 0 Å². The van der Waals surface area contributed by atoms with E-state index in [0.717, 1.165) is 23.3 Å². The molecule has 1 aliphatic heterocycles. The van der Waals surface area contributed by atoms with Gasteiger partial charge in [-0.05, 0) is 62.3 Å². The number of piperidine rings is 1. The number of carbonyl (C=O) groups is 1. The minimum atomic E-state index is -5.02. The van der Waals surface area contributed by atoms with Gasteiger partial charge >= 0.3 is 6.18 Å². The zero-order valence-electron chi connectivity index (χ0n) is 18.1. The number of hydrogen-bond donors (Lipinski definition) is 1. The number of aromatic nitrogens is 2. The molecule has 1 amide bonds. The van der Waals surface area contributed by atoms with Gasteiger partial charge in [0.15, 0.2) is 0 Å². The van der Waals surface area contributed by atoms with Crippen molar-refractivity contribution >= 4 is 5.91 Å². The van der Waals surface area contributed by atoms with Crippen LogP contribution < -0.4 is 4.74 Å². The number of nitrogens with zero attached hydrogens (tertiary/aromatic N) is 3. The highest BCUT2D eigenvalue weighted by atomic mass is 19.4. The van der Waals surface area contributed by atoms with Crippen LogP contribution in [0.25, 0.3) is 11.5 Å². The van der Waals surface area contributed by atoms with E-state index in [9.17, 15) is 23.1 Å². The van der Waals surface area contributed by atoms with Crippen LogP contribution in [-0.2, 0) is 10.2 Å². The number of methoxy groups -OCH3 is 1. The van der Waals surface area contributed by atoms with Crippen molar-refractivity contribution in [1.29, 1.82) is 0 Å². The maximum absolute atomic E-state index is 13.1. The summed E-state index contributed by atoms with van der Waals surface area (Å²) in [4.78, 5) is 13.5. The summed E-state index contributed by atoms with van der Waals surface area (Å²) in [5.74, 6) is 0.339. The maximum atomic E-state index is 13.1. The van der Waals surface area contributed by atoms with E-state index in [2.05, 4.69) is 10.2 Å². The summed E-state index contributed by atoms with van der Waals surface area (Å²) in [6, 6.07) is 7.26. The number of ether oxygens (including phenoxy) is 1. The van der Waals surface area contributed by atoms with Crippen LogP contribution in [0.1, 0.15) is 39.0 Å². The number of hydrogen-bond acceptors (Lipinski definition) is 6. The third-order valence-corrected chi connectivity index (χ3v) is 6.85. The number of alkyl halides is 3. The van der Waals surface area contributed by atoms with Crippen molar-refractivity contribution in [2.75, 3.05) is 20.2 Å². The van der Waals surface area contributed by atoms with Crippen LogP contribution in [0.15, 0.2) is 28.7 Å². The topological polar surface area (TPSA) is 88.7 Å². The summed E-state index contributed by atoms with van der Waals surface area (Å²) >= 11 is 0. The fourth-order valence-corrected chi connectivity index (χ4v) is 4.73. The van der Waals surface area contributed by atoms with Gasteiger partial charge in [-0.2, -0.15) is 13.2 Å². The smallest absolute Gasteiger partial charge is 0.426 e. The quantitative estimate of drug-likeness (QED) is 0.745. The Labute approximate surface area is 183 Å². The molecular weight excluding hydrogens is 427 g/mol. The summed E-state index contributed by atoms with van der Waals surface area (Å²) in [6.07, 6.45) is -2.83. The summed E-state index contributed by atoms with van der Waals surface area (Å²) in [7, 11) is 1.58. The van der Waals surface area contributed by atoms with Crippen LogP contribution in [0.5, 0.6) is 5.75 Å². The number of carbonyl (C=O) groups excluding carboxylic acids is 1. The third kappa shape index (κ3) is 3.74. The molecular formula is C22H26F3N3O4. The molecule has 1 saturated heterocycles. The van der Waals surface area contributed by atoms with E-state index < -0.39 is 17.7 Å². The molecule has 3 atom stereocenters.